The van der Waals surface area contributed by atoms with Crippen LogP contribution in [0, 0.1) is 0 Å². The summed E-state index contributed by atoms with van der Waals surface area (Å²) >= 11 is 12.9. The fourth-order valence-corrected chi connectivity index (χ4v) is 7.02. The van der Waals surface area contributed by atoms with Crippen LogP contribution in [0.25, 0.3) is 11.1 Å². The van der Waals surface area contributed by atoms with E-state index < -0.39 is 5.66 Å². The number of benzene rings is 3. The van der Waals surface area contributed by atoms with Gasteiger partial charge in [0.1, 0.15) is 17.9 Å². The molecule has 1 heterocycles. The average Bonchev–Trinajstić information content (AvgIpc) is 3.31. The van der Waals surface area contributed by atoms with E-state index in [4.69, 9.17) is 33.9 Å². The lowest BCUT2D eigenvalue weighted by molar-refractivity contribution is -0.466. The summed E-state index contributed by atoms with van der Waals surface area (Å²) in [7, 11) is 3.68. The minimum Gasteiger partial charge on any atom is -0.340 e. The van der Waals surface area contributed by atoms with E-state index in [2.05, 4.69) is 17.1 Å². The molecule has 5 rings (SSSR count). The van der Waals surface area contributed by atoms with Gasteiger partial charge >= 0.3 is 0 Å². The number of nitrogens with one attached hydrogen (secondary N) is 1. The number of nitrogens with zero attached hydrogens (tertiary/aromatic N) is 3. The van der Waals surface area contributed by atoms with Gasteiger partial charge in [0.15, 0.2) is 0 Å². The Morgan fingerprint density at radius 3 is 2.20 bits per heavy atom. The Hall–Kier alpha value is -3.68. The molecule has 1 aliphatic carbocycles. The van der Waals surface area contributed by atoms with Crippen molar-refractivity contribution in [2.45, 2.75) is 70.0 Å². The molecule has 236 valence electrons. The average molecular weight is 648 g/mol. The number of unbranched alkanes of at least 4 members (excludes halogenated alkanes) is 1. The lowest BCUT2D eigenvalue weighted by Crippen LogP contribution is -2.50. The zero-order valence-electron chi connectivity index (χ0n) is 26.3. The van der Waals surface area contributed by atoms with Crippen molar-refractivity contribution in [2.24, 2.45) is 10.7 Å². The Labute approximate surface area is 276 Å². The molecule has 1 saturated carbocycles. The van der Waals surface area contributed by atoms with Crippen LogP contribution in [0.3, 0.4) is 0 Å². The van der Waals surface area contributed by atoms with Crippen molar-refractivity contribution >= 4 is 46.6 Å². The van der Waals surface area contributed by atoms with Gasteiger partial charge in [0, 0.05) is 26.7 Å². The second kappa shape index (κ2) is 14.2. The number of amidine groups is 1. The molecule has 1 atom stereocenters. The Kier molecular flexibility index (Phi) is 10.3. The summed E-state index contributed by atoms with van der Waals surface area (Å²) in [5, 5.41) is 4.03. The van der Waals surface area contributed by atoms with Gasteiger partial charge in [-0.25, -0.2) is 0 Å². The summed E-state index contributed by atoms with van der Waals surface area (Å²) in [5.74, 6) is 0.339. The van der Waals surface area contributed by atoms with Crippen LogP contribution < -0.4 is 11.1 Å². The number of halogens is 2. The summed E-state index contributed by atoms with van der Waals surface area (Å²) < 4.78 is 1.77. The first-order chi connectivity index (χ1) is 21.6. The second-order valence-corrected chi connectivity index (χ2v) is 13.0. The molecule has 1 aliphatic heterocycles. The molecule has 0 saturated heterocycles. The van der Waals surface area contributed by atoms with E-state index in [1.54, 1.807) is 4.58 Å². The van der Waals surface area contributed by atoms with Crippen LogP contribution in [0.5, 0.6) is 0 Å². The maximum absolute atomic E-state index is 14.5. The largest absolute Gasteiger partial charge is 0.340 e. The van der Waals surface area contributed by atoms with Crippen molar-refractivity contribution in [3.05, 3.63) is 93.5 Å². The Morgan fingerprint density at radius 1 is 0.978 bits per heavy atom. The summed E-state index contributed by atoms with van der Waals surface area (Å²) in [6, 6.07) is 20.7. The standard InChI is InChI=1S/C36H41Cl2N5O2/c1-4-5-12-30(24-13-19-27(20-14-24)34(44)40-23-31(39)42(2)3)43-35(45)33(41-36(43)21-7-6-8-22-36)26-17-15-25(16-18-26)32-28(37)10-9-11-29(32)38/h9-11,13-20,30,39H,4-8,12,21-23H2,1-3H3,(H,40,44)/p+1. The quantitative estimate of drug-likeness (QED) is 0.138. The molecule has 0 radical (unpaired) electrons. The van der Waals surface area contributed by atoms with Crippen LogP contribution in [0.2, 0.25) is 10.0 Å². The third-order valence-corrected chi connectivity index (χ3v) is 9.59. The van der Waals surface area contributed by atoms with Crippen LogP contribution in [0.1, 0.15) is 85.8 Å². The number of carbonyl (C=O) groups is 2. The molecule has 0 aromatic heterocycles. The highest BCUT2D eigenvalue weighted by molar-refractivity contribution is 6.47. The first-order valence-electron chi connectivity index (χ1n) is 15.8. The highest BCUT2D eigenvalue weighted by atomic mass is 35.5. The van der Waals surface area contributed by atoms with Crippen LogP contribution in [-0.4, -0.2) is 59.1 Å². The Bertz CT molecular complexity index is 1590. The predicted octanol–water partition coefficient (Wildman–Crippen LogP) is 7.24. The van der Waals surface area contributed by atoms with E-state index in [0.29, 0.717) is 27.2 Å². The normalized spacial score (nSPS) is 16.4. The fraction of sp³-hybridized carbons (Fsp3) is 0.389. The Balaban J connectivity index is 1.46. The molecule has 2 aliphatic rings. The maximum atomic E-state index is 14.5. The van der Waals surface area contributed by atoms with Gasteiger partial charge < -0.3 is 10.2 Å². The minimum atomic E-state index is -0.580. The highest BCUT2D eigenvalue weighted by Gasteiger charge is 2.50. The lowest BCUT2D eigenvalue weighted by atomic mass is 9.86. The number of carbonyl (C=O) groups excluding carboxylic acids is 2. The molecule has 9 heteroatoms. The first kappa shape index (κ1) is 32.7. The van der Waals surface area contributed by atoms with Crippen molar-refractivity contribution in [1.82, 2.24) is 10.2 Å². The van der Waals surface area contributed by atoms with E-state index in [0.717, 1.165) is 73.6 Å². The molecule has 3 N–H and O–H groups in total. The number of rotatable bonds is 10. The molecule has 3 aromatic rings. The van der Waals surface area contributed by atoms with Crippen molar-refractivity contribution in [3.63, 3.8) is 0 Å². The van der Waals surface area contributed by atoms with E-state index in [9.17, 15) is 9.59 Å². The molecule has 2 amide bonds. The third kappa shape index (κ3) is 6.95. The smallest absolute Gasteiger partial charge is 0.275 e. The van der Waals surface area contributed by atoms with E-state index in [1.165, 1.54) is 0 Å². The summed E-state index contributed by atoms with van der Waals surface area (Å²) in [4.78, 5) is 34.6. The van der Waals surface area contributed by atoms with Gasteiger partial charge in [0.2, 0.25) is 0 Å². The van der Waals surface area contributed by atoms with Crippen molar-refractivity contribution < 1.29 is 14.2 Å². The van der Waals surface area contributed by atoms with E-state index in [-0.39, 0.29) is 24.4 Å². The van der Waals surface area contributed by atoms with Crippen LogP contribution in [0.4, 0.5) is 0 Å². The maximum Gasteiger partial charge on any atom is 0.275 e. The fourth-order valence-electron chi connectivity index (χ4n) is 6.40. The van der Waals surface area contributed by atoms with Gasteiger partial charge in [-0.15, -0.1) is 0 Å². The van der Waals surface area contributed by atoms with Gasteiger partial charge in [0.25, 0.3) is 17.6 Å². The van der Waals surface area contributed by atoms with E-state index in [1.807, 2.05) is 80.8 Å². The zero-order valence-corrected chi connectivity index (χ0v) is 27.8. The number of nitrogens with two attached hydrogens (primary N) is 1. The molecule has 7 nitrogen and oxygen atoms in total. The molecule has 1 unspecified atom stereocenters. The van der Waals surface area contributed by atoms with Gasteiger partial charge in [0.05, 0.1) is 20.1 Å². The monoisotopic (exact) mass is 646 g/mol. The summed E-state index contributed by atoms with van der Waals surface area (Å²) in [6.45, 7) is 2.43. The SMILES string of the molecule is CCCCC(c1ccc(C(=O)NCC(N)=[N+](C)C)cc1)N1C(=O)C(c2ccc(-c3c(Cl)cccc3Cl)cc2)=NC12CCCCC2. The lowest BCUT2D eigenvalue weighted by Gasteiger charge is -2.44. The molecular weight excluding hydrogens is 605 g/mol. The Morgan fingerprint density at radius 2 is 1.60 bits per heavy atom. The molecule has 0 bridgehead atoms. The van der Waals surface area contributed by atoms with Crippen molar-refractivity contribution in [3.8, 4) is 11.1 Å². The van der Waals surface area contributed by atoms with Crippen molar-refractivity contribution in [1.29, 1.82) is 0 Å². The van der Waals surface area contributed by atoms with Crippen LogP contribution >= 0.6 is 23.2 Å². The molecule has 45 heavy (non-hydrogen) atoms. The molecular formula is C36H42Cl2N5O2+. The predicted molar refractivity (Wildman–Crippen MR) is 183 cm³/mol. The zero-order chi connectivity index (χ0) is 32.1. The first-order valence-corrected chi connectivity index (χ1v) is 16.6. The van der Waals surface area contributed by atoms with Gasteiger partial charge in [-0.1, -0.05) is 91.9 Å². The van der Waals surface area contributed by atoms with Gasteiger partial charge in [-0.05, 0) is 67.5 Å². The highest BCUT2D eigenvalue weighted by Crippen LogP contribution is 2.46. The third-order valence-electron chi connectivity index (χ3n) is 8.96. The summed E-state index contributed by atoms with van der Waals surface area (Å²) in [6.07, 6.45) is 7.65. The number of hydrogen-bond donors (Lipinski definition) is 2. The van der Waals surface area contributed by atoms with Crippen LogP contribution in [-0.2, 0) is 4.79 Å². The topological polar surface area (TPSA) is 90.8 Å². The van der Waals surface area contributed by atoms with Gasteiger partial charge in [-0.2, -0.15) is 0 Å². The molecule has 3 aromatic carbocycles. The molecule has 1 spiro atoms. The number of aliphatic imine (C=N–C) groups is 1. The summed E-state index contributed by atoms with van der Waals surface area (Å²) in [5.41, 5.74) is 9.90. The molecule has 1 fully saturated rings. The van der Waals surface area contributed by atoms with Crippen molar-refractivity contribution in [2.75, 3.05) is 20.6 Å². The number of amides is 2. The minimum absolute atomic E-state index is 0.0435. The van der Waals surface area contributed by atoms with E-state index >= 15 is 0 Å². The second-order valence-electron chi connectivity index (χ2n) is 12.2. The van der Waals surface area contributed by atoms with Crippen LogP contribution in [0.15, 0.2) is 71.7 Å². The van der Waals surface area contributed by atoms with Gasteiger partial charge in [-0.3, -0.25) is 24.9 Å². The number of hydrogen-bond acceptors (Lipinski definition) is 3.